The summed E-state index contributed by atoms with van der Waals surface area (Å²) < 4.78 is 83.6. The third kappa shape index (κ3) is 3.04. The van der Waals surface area contributed by atoms with E-state index in [0.29, 0.717) is 5.56 Å². The molecular formula is C36H22O. The van der Waals surface area contributed by atoms with Crippen LogP contribution < -0.4 is 4.74 Å². The van der Waals surface area contributed by atoms with Crippen molar-refractivity contribution in [2.45, 2.75) is 0 Å². The maximum Gasteiger partial charge on any atom is 0.135 e. The van der Waals surface area contributed by atoms with E-state index >= 15 is 0 Å². The van der Waals surface area contributed by atoms with E-state index in [1.165, 1.54) is 0 Å². The molecule has 1 heterocycles. The Balaban J connectivity index is 1.38. The van der Waals surface area contributed by atoms with Crippen LogP contribution in [0.25, 0.3) is 65.7 Å². The first kappa shape index (κ1) is 13.4. The Morgan fingerprint density at radius 3 is 2.14 bits per heavy atom. The molecule has 0 spiro atoms. The van der Waals surface area contributed by atoms with Gasteiger partial charge >= 0.3 is 0 Å². The van der Waals surface area contributed by atoms with E-state index in [0.717, 1.165) is 32.7 Å². The summed E-state index contributed by atoms with van der Waals surface area (Å²) in [6, 6.07) is 22.3. The minimum atomic E-state index is -0.535. The first-order valence-electron chi connectivity index (χ1n) is 16.5. The van der Waals surface area contributed by atoms with Crippen LogP contribution in [0.3, 0.4) is 0 Å². The summed E-state index contributed by atoms with van der Waals surface area (Å²) in [6.07, 6.45) is 0. The average Bonchev–Trinajstić information content (AvgIpc) is 3.08. The van der Waals surface area contributed by atoms with Crippen LogP contribution in [0, 0.1) is 0 Å². The van der Waals surface area contributed by atoms with E-state index in [1.54, 1.807) is 0 Å². The summed E-state index contributed by atoms with van der Waals surface area (Å²) in [6.45, 7) is 0. The lowest BCUT2D eigenvalue weighted by molar-refractivity contribution is 0.487. The predicted octanol–water partition coefficient (Wildman–Crippen LogP) is 10.3. The van der Waals surface area contributed by atoms with E-state index < -0.39 is 36.3 Å². The number of rotatable bonds is 2. The van der Waals surface area contributed by atoms with Crippen molar-refractivity contribution in [1.82, 2.24) is 0 Å². The van der Waals surface area contributed by atoms with Gasteiger partial charge in [0.15, 0.2) is 0 Å². The fraction of sp³-hybridized carbons (Fsp3) is 0. The number of benzene rings is 7. The van der Waals surface area contributed by atoms with Gasteiger partial charge in [0, 0.05) is 10.9 Å². The summed E-state index contributed by atoms with van der Waals surface area (Å²) in [4.78, 5) is 0. The zero-order chi connectivity index (χ0) is 32.2. The molecule has 172 valence electrons. The number of hydrogen-bond donors (Lipinski definition) is 0. The second kappa shape index (κ2) is 7.81. The molecule has 37 heavy (non-hydrogen) atoms. The largest absolute Gasteiger partial charge is 0.456 e. The van der Waals surface area contributed by atoms with E-state index in [9.17, 15) is 0 Å². The zero-order valence-electron chi connectivity index (χ0n) is 28.4. The maximum absolute atomic E-state index is 9.02. The molecule has 1 heteroatoms. The third-order valence-corrected chi connectivity index (χ3v) is 7.03. The van der Waals surface area contributed by atoms with Crippen molar-refractivity contribution in [3.8, 4) is 44.9 Å². The van der Waals surface area contributed by atoms with Crippen molar-refractivity contribution in [3.63, 3.8) is 0 Å². The summed E-state index contributed by atoms with van der Waals surface area (Å²) in [5.74, 6) is -0.434. The van der Waals surface area contributed by atoms with Gasteiger partial charge in [-0.3, -0.25) is 0 Å². The Bertz CT molecular complexity index is 2490. The molecular weight excluding hydrogens is 448 g/mol. The van der Waals surface area contributed by atoms with Crippen molar-refractivity contribution in [2.24, 2.45) is 0 Å². The Hall–Kier alpha value is -4.88. The minimum absolute atomic E-state index is 0.00592. The molecule has 0 fully saturated rings. The molecule has 0 saturated heterocycles. The molecule has 0 amide bonds. The number of para-hydroxylation sites is 1. The Kier molecular flexibility index (Phi) is 2.84. The standard InChI is InChI=1S/C36H22O/c1-2-8-26-23(7-1)19-20-30-27(10-5-11-29(26)30)24-15-17-25(18-16-24)28-21-22-35-36-32(28)12-6-13-33(36)31-9-3-4-14-34(31)37-35/h1-22H/i3D,4D,6D,9D,12D,13D,14D,21D,22D. The molecule has 0 aliphatic carbocycles. The summed E-state index contributed by atoms with van der Waals surface area (Å²) in [5.41, 5.74) is 2.59. The first-order chi connectivity index (χ1) is 22.1. The highest BCUT2D eigenvalue weighted by Gasteiger charge is 2.21. The van der Waals surface area contributed by atoms with Crippen LogP contribution in [-0.2, 0) is 0 Å². The van der Waals surface area contributed by atoms with Crippen LogP contribution in [0.5, 0.6) is 11.5 Å². The van der Waals surface area contributed by atoms with E-state index in [4.69, 9.17) is 17.1 Å². The van der Waals surface area contributed by atoms with Gasteiger partial charge in [-0.2, -0.15) is 0 Å². The number of fused-ring (bicyclic) bond motifs is 5. The maximum atomic E-state index is 9.02. The molecule has 0 bridgehead atoms. The quantitative estimate of drug-likeness (QED) is 0.224. The molecule has 7 aromatic rings. The Labute approximate surface area is 227 Å². The van der Waals surface area contributed by atoms with Gasteiger partial charge in [0.05, 0.1) is 12.3 Å². The second-order valence-corrected chi connectivity index (χ2v) is 9.03. The van der Waals surface area contributed by atoms with Crippen molar-refractivity contribution >= 4 is 32.3 Å². The third-order valence-electron chi connectivity index (χ3n) is 7.03. The monoisotopic (exact) mass is 479 g/mol. The van der Waals surface area contributed by atoms with Gasteiger partial charge in [-0.1, -0.05) is 121 Å². The molecule has 1 aliphatic heterocycles. The first-order valence-corrected chi connectivity index (χ1v) is 12.0. The van der Waals surface area contributed by atoms with E-state index in [1.807, 2.05) is 48.5 Å². The van der Waals surface area contributed by atoms with Gasteiger partial charge < -0.3 is 4.74 Å². The van der Waals surface area contributed by atoms with Gasteiger partial charge in [0.25, 0.3) is 0 Å². The number of hydrogen-bond acceptors (Lipinski definition) is 1. The minimum Gasteiger partial charge on any atom is -0.456 e. The van der Waals surface area contributed by atoms with Crippen molar-refractivity contribution in [3.05, 3.63) is 133 Å². The van der Waals surface area contributed by atoms with Gasteiger partial charge in [-0.05, 0) is 66.8 Å². The van der Waals surface area contributed by atoms with Gasteiger partial charge in [-0.15, -0.1) is 0 Å². The molecule has 0 atom stereocenters. The molecule has 0 aromatic heterocycles. The molecule has 0 saturated carbocycles. The molecule has 1 aliphatic rings. The van der Waals surface area contributed by atoms with Crippen molar-refractivity contribution in [1.29, 1.82) is 0 Å². The van der Waals surface area contributed by atoms with Crippen LogP contribution in [0.2, 0.25) is 0 Å². The van der Waals surface area contributed by atoms with Crippen LogP contribution in [0.15, 0.2) is 133 Å². The molecule has 7 aromatic carbocycles. The zero-order valence-corrected chi connectivity index (χ0v) is 19.4. The van der Waals surface area contributed by atoms with Crippen LogP contribution in [0.1, 0.15) is 12.3 Å². The highest BCUT2D eigenvalue weighted by Crippen LogP contribution is 2.48. The van der Waals surface area contributed by atoms with E-state index in [2.05, 4.69) is 30.3 Å². The second-order valence-electron chi connectivity index (χ2n) is 9.03. The molecule has 0 N–H and O–H groups in total. The van der Waals surface area contributed by atoms with Crippen LogP contribution in [-0.4, -0.2) is 0 Å². The van der Waals surface area contributed by atoms with Gasteiger partial charge in [0.2, 0.25) is 0 Å². The average molecular weight is 480 g/mol. The van der Waals surface area contributed by atoms with Gasteiger partial charge in [0.1, 0.15) is 11.5 Å². The van der Waals surface area contributed by atoms with E-state index in [-0.39, 0.29) is 57.1 Å². The highest BCUT2D eigenvalue weighted by molar-refractivity contribution is 6.12. The fourth-order valence-electron chi connectivity index (χ4n) is 5.31. The summed E-state index contributed by atoms with van der Waals surface area (Å²) in [5, 5.41) is 4.75. The van der Waals surface area contributed by atoms with Crippen molar-refractivity contribution < 1.29 is 17.1 Å². The Morgan fingerprint density at radius 1 is 0.432 bits per heavy atom. The van der Waals surface area contributed by atoms with Gasteiger partial charge in [-0.25, -0.2) is 0 Å². The lowest BCUT2D eigenvalue weighted by atomic mass is 9.89. The summed E-state index contributed by atoms with van der Waals surface area (Å²) >= 11 is 0. The molecule has 8 rings (SSSR count). The fourth-order valence-corrected chi connectivity index (χ4v) is 5.31. The normalized spacial score (nSPS) is 15.4. The lowest BCUT2D eigenvalue weighted by Gasteiger charge is -2.22. The SMILES string of the molecule is [2H]c1c([2H])c([2H])c2c(c1[2H])Oc1c([2H])c([2H])c(-c3ccc(-c4cccc5c4ccc4ccccc45)cc3)c3c([2H])c([2H])c([2H])c-2c13. The Morgan fingerprint density at radius 2 is 1.22 bits per heavy atom. The highest BCUT2D eigenvalue weighted by atomic mass is 16.5. The smallest absolute Gasteiger partial charge is 0.135 e. The summed E-state index contributed by atoms with van der Waals surface area (Å²) in [7, 11) is 0. The number of ether oxygens (including phenoxy) is 1. The molecule has 1 nitrogen and oxygen atoms in total. The molecule has 0 unspecified atom stereocenters. The topological polar surface area (TPSA) is 9.23 Å². The lowest BCUT2D eigenvalue weighted by Crippen LogP contribution is -1.97. The van der Waals surface area contributed by atoms with Crippen LogP contribution >= 0.6 is 0 Å². The predicted molar refractivity (Wildman–Crippen MR) is 155 cm³/mol. The van der Waals surface area contributed by atoms with Crippen LogP contribution in [0.4, 0.5) is 0 Å². The van der Waals surface area contributed by atoms with Crippen molar-refractivity contribution in [2.75, 3.05) is 0 Å². The molecule has 0 radical (unpaired) electrons.